The number of ketones is 1. The van der Waals surface area contributed by atoms with E-state index in [-0.39, 0.29) is 39.4 Å². The summed E-state index contributed by atoms with van der Waals surface area (Å²) in [4.78, 5) is 33.1. The fourth-order valence-electron chi connectivity index (χ4n) is 3.06. The summed E-state index contributed by atoms with van der Waals surface area (Å²) >= 11 is 6.77. The maximum atomic E-state index is 13.3. The molecule has 2 aromatic heterocycles. The number of furan rings is 1. The van der Waals surface area contributed by atoms with E-state index in [1.54, 1.807) is 30.3 Å². The van der Waals surface area contributed by atoms with Crippen molar-refractivity contribution in [3.63, 3.8) is 0 Å². The number of benzene rings is 2. The van der Waals surface area contributed by atoms with Crippen LogP contribution in [-0.2, 0) is 11.0 Å². The minimum absolute atomic E-state index is 0.0614. The van der Waals surface area contributed by atoms with Gasteiger partial charge in [-0.3, -0.25) is 9.59 Å². The molecule has 0 spiro atoms. The Morgan fingerprint density at radius 1 is 1.00 bits per heavy atom. The number of amides is 1. The van der Waals surface area contributed by atoms with Crippen molar-refractivity contribution in [3.8, 4) is 11.5 Å². The molecule has 11 heteroatoms. The van der Waals surface area contributed by atoms with Crippen molar-refractivity contribution in [1.82, 2.24) is 9.97 Å². The van der Waals surface area contributed by atoms with Gasteiger partial charge in [-0.05, 0) is 36.4 Å². The largest absolute Gasteiger partial charge is 0.463 e. The number of rotatable bonds is 7. The average molecular weight is 518 g/mol. The summed E-state index contributed by atoms with van der Waals surface area (Å²) in [5.74, 6) is -1.09. The third kappa shape index (κ3) is 6.09. The molecule has 2 heterocycles. The summed E-state index contributed by atoms with van der Waals surface area (Å²) in [6, 6.07) is 16.6. The average Bonchev–Trinajstić information content (AvgIpc) is 3.38. The standard InChI is InChI=1S/C24H15ClF3N3O3S/c25-15-8-9-17(16(11-15)22(33)14-5-2-1-3-6-14)29-21(32)13-35-23-30-18(19-7-4-10-34-19)12-20(31-23)24(26,27)28/h1-12H,13H2,(H,29,32). The number of anilines is 1. The highest BCUT2D eigenvalue weighted by atomic mass is 35.5. The Morgan fingerprint density at radius 2 is 1.77 bits per heavy atom. The number of carbonyl (C=O) groups excluding carboxylic acids is 2. The Balaban J connectivity index is 1.52. The Morgan fingerprint density at radius 3 is 2.46 bits per heavy atom. The number of hydrogen-bond donors (Lipinski definition) is 1. The molecule has 1 N–H and O–H groups in total. The normalized spacial score (nSPS) is 11.3. The number of alkyl halides is 3. The Labute approximate surface area is 206 Å². The van der Waals surface area contributed by atoms with E-state index in [1.165, 1.54) is 36.6 Å². The third-order valence-corrected chi connectivity index (χ3v) is 5.72. The van der Waals surface area contributed by atoms with Gasteiger partial charge in [0.2, 0.25) is 5.91 Å². The van der Waals surface area contributed by atoms with E-state index in [2.05, 4.69) is 15.3 Å². The van der Waals surface area contributed by atoms with Crippen LogP contribution in [0.25, 0.3) is 11.5 Å². The molecule has 0 unspecified atom stereocenters. The van der Waals surface area contributed by atoms with Crippen LogP contribution in [0.15, 0.2) is 82.6 Å². The maximum absolute atomic E-state index is 13.3. The molecule has 0 aliphatic carbocycles. The Bertz CT molecular complexity index is 1360. The van der Waals surface area contributed by atoms with Crippen LogP contribution in [0.4, 0.5) is 18.9 Å². The van der Waals surface area contributed by atoms with Crippen molar-refractivity contribution in [3.05, 3.63) is 94.8 Å². The minimum atomic E-state index is -4.71. The molecular weight excluding hydrogens is 503 g/mol. The van der Waals surface area contributed by atoms with Crippen LogP contribution in [-0.4, -0.2) is 27.4 Å². The first-order valence-electron chi connectivity index (χ1n) is 10.0. The second kappa shape index (κ2) is 10.3. The van der Waals surface area contributed by atoms with Crippen molar-refractivity contribution in [1.29, 1.82) is 0 Å². The highest BCUT2D eigenvalue weighted by Gasteiger charge is 2.34. The van der Waals surface area contributed by atoms with Gasteiger partial charge in [-0.2, -0.15) is 13.2 Å². The molecule has 178 valence electrons. The molecule has 0 aliphatic rings. The Kier molecular flexibility index (Phi) is 7.23. The second-order valence-electron chi connectivity index (χ2n) is 7.12. The first-order chi connectivity index (χ1) is 16.7. The zero-order chi connectivity index (χ0) is 25.0. The monoisotopic (exact) mass is 517 g/mol. The highest BCUT2D eigenvalue weighted by Crippen LogP contribution is 2.32. The Hall–Kier alpha value is -3.63. The molecule has 0 atom stereocenters. The van der Waals surface area contributed by atoms with E-state index in [9.17, 15) is 22.8 Å². The molecule has 0 bridgehead atoms. The van der Waals surface area contributed by atoms with E-state index in [0.29, 0.717) is 22.3 Å². The van der Waals surface area contributed by atoms with Gasteiger partial charge in [0.15, 0.2) is 16.7 Å². The molecule has 35 heavy (non-hydrogen) atoms. The highest BCUT2D eigenvalue weighted by molar-refractivity contribution is 7.99. The van der Waals surface area contributed by atoms with Crippen LogP contribution in [0.1, 0.15) is 21.6 Å². The molecule has 4 rings (SSSR count). The smallest absolute Gasteiger partial charge is 0.433 e. The lowest BCUT2D eigenvalue weighted by atomic mass is 10.0. The summed E-state index contributed by atoms with van der Waals surface area (Å²) in [7, 11) is 0. The van der Waals surface area contributed by atoms with Gasteiger partial charge in [0.1, 0.15) is 11.4 Å². The number of thioether (sulfide) groups is 1. The molecule has 0 fully saturated rings. The van der Waals surface area contributed by atoms with Gasteiger partial charge in [-0.15, -0.1) is 0 Å². The van der Waals surface area contributed by atoms with Crippen LogP contribution in [0.2, 0.25) is 5.02 Å². The predicted molar refractivity (Wildman–Crippen MR) is 125 cm³/mol. The van der Waals surface area contributed by atoms with Crippen LogP contribution in [0.5, 0.6) is 0 Å². The summed E-state index contributed by atoms with van der Waals surface area (Å²) in [6.45, 7) is 0. The van der Waals surface area contributed by atoms with E-state index < -0.39 is 17.8 Å². The van der Waals surface area contributed by atoms with Gasteiger partial charge in [-0.25, -0.2) is 9.97 Å². The first-order valence-corrected chi connectivity index (χ1v) is 11.4. The van der Waals surface area contributed by atoms with Gasteiger partial charge >= 0.3 is 6.18 Å². The quantitative estimate of drug-likeness (QED) is 0.174. The zero-order valence-electron chi connectivity index (χ0n) is 17.7. The summed E-state index contributed by atoms with van der Waals surface area (Å²) in [5.41, 5.74) is -0.418. The number of hydrogen-bond acceptors (Lipinski definition) is 6. The summed E-state index contributed by atoms with van der Waals surface area (Å²) in [6.07, 6.45) is -3.40. The van der Waals surface area contributed by atoms with Gasteiger partial charge in [0, 0.05) is 16.1 Å². The lowest BCUT2D eigenvalue weighted by Gasteiger charge is -2.12. The maximum Gasteiger partial charge on any atom is 0.433 e. The number of carbonyl (C=O) groups is 2. The van der Waals surface area contributed by atoms with Crippen molar-refractivity contribution in [2.45, 2.75) is 11.3 Å². The van der Waals surface area contributed by atoms with Crippen molar-refractivity contribution < 1.29 is 27.2 Å². The molecule has 0 saturated carbocycles. The predicted octanol–water partition coefficient (Wildman–Crippen LogP) is 6.37. The lowest BCUT2D eigenvalue weighted by molar-refractivity contribution is -0.141. The zero-order valence-corrected chi connectivity index (χ0v) is 19.2. The van der Waals surface area contributed by atoms with Gasteiger partial charge in [0.25, 0.3) is 0 Å². The van der Waals surface area contributed by atoms with Gasteiger partial charge in [0.05, 0.1) is 17.7 Å². The number of nitrogens with one attached hydrogen (secondary N) is 1. The van der Waals surface area contributed by atoms with Crippen molar-refractivity contribution in [2.75, 3.05) is 11.1 Å². The number of halogens is 4. The first kappa shape index (κ1) is 24.5. The van der Waals surface area contributed by atoms with Crippen molar-refractivity contribution in [2.24, 2.45) is 0 Å². The van der Waals surface area contributed by atoms with Crippen LogP contribution in [0.3, 0.4) is 0 Å². The van der Waals surface area contributed by atoms with Gasteiger partial charge < -0.3 is 9.73 Å². The van der Waals surface area contributed by atoms with Crippen molar-refractivity contribution >= 4 is 40.7 Å². The van der Waals surface area contributed by atoms with E-state index in [0.717, 1.165) is 6.07 Å². The summed E-state index contributed by atoms with van der Waals surface area (Å²) in [5, 5.41) is 2.66. The molecule has 0 aliphatic heterocycles. The molecule has 0 saturated heterocycles. The molecule has 0 radical (unpaired) electrons. The second-order valence-corrected chi connectivity index (χ2v) is 8.50. The van der Waals surface area contributed by atoms with Crippen LogP contribution >= 0.6 is 23.4 Å². The molecule has 2 aromatic carbocycles. The molecule has 4 aromatic rings. The van der Waals surface area contributed by atoms with E-state index in [4.69, 9.17) is 16.0 Å². The fraction of sp³-hybridized carbons (Fsp3) is 0.0833. The third-order valence-electron chi connectivity index (χ3n) is 4.64. The fourth-order valence-corrected chi connectivity index (χ4v) is 3.89. The minimum Gasteiger partial charge on any atom is -0.463 e. The molecule has 6 nitrogen and oxygen atoms in total. The van der Waals surface area contributed by atoms with E-state index in [1.807, 2.05) is 0 Å². The van der Waals surface area contributed by atoms with E-state index >= 15 is 0 Å². The SMILES string of the molecule is O=C(CSc1nc(-c2ccco2)cc(C(F)(F)F)n1)Nc1ccc(Cl)cc1C(=O)c1ccccc1. The number of nitrogens with zero attached hydrogens (tertiary/aromatic N) is 2. The summed E-state index contributed by atoms with van der Waals surface area (Å²) < 4.78 is 45.1. The number of aromatic nitrogens is 2. The molecular formula is C24H15ClF3N3O3S. The topological polar surface area (TPSA) is 85.1 Å². The van der Waals surface area contributed by atoms with Gasteiger partial charge in [-0.1, -0.05) is 53.7 Å². The lowest BCUT2D eigenvalue weighted by Crippen LogP contribution is -2.17. The van der Waals surface area contributed by atoms with Crippen LogP contribution in [0, 0.1) is 0 Å². The van der Waals surface area contributed by atoms with Crippen LogP contribution < -0.4 is 5.32 Å². The molecule has 1 amide bonds.